The van der Waals surface area contributed by atoms with E-state index >= 15 is 0 Å². The highest BCUT2D eigenvalue weighted by molar-refractivity contribution is 7.99. The van der Waals surface area contributed by atoms with Gasteiger partial charge in [0.1, 0.15) is 0 Å². The number of amides is 2. The SMILES string of the molecule is COCCNC(=O)c1ccccc1NC(=O)CSCc1ccc(Cl)c(Cl)c1. The molecule has 2 rings (SSSR count). The summed E-state index contributed by atoms with van der Waals surface area (Å²) in [5.74, 6) is 0.437. The molecule has 0 heterocycles. The summed E-state index contributed by atoms with van der Waals surface area (Å²) in [6, 6.07) is 12.3. The first kappa shape index (κ1) is 21.6. The molecule has 0 aromatic heterocycles. The number of halogens is 2. The van der Waals surface area contributed by atoms with E-state index < -0.39 is 0 Å². The van der Waals surface area contributed by atoms with E-state index in [4.69, 9.17) is 27.9 Å². The van der Waals surface area contributed by atoms with E-state index in [0.717, 1.165) is 5.56 Å². The van der Waals surface area contributed by atoms with Gasteiger partial charge in [-0.15, -0.1) is 11.8 Å². The summed E-state index contributed by atoms with van der Waals surface area (Å²) in [6.07, 6.45) is 0. The van der Waals surface area contributed by atoms with Crippen molar-refractivity contribution in [3.63, 3.8) is 0 Å². The van der Waals surface area contributed by atoms with Gasteiger partial charge < -0.3 is 15.4 Å². The van der Waals surface area contributed by atoms with Gasteiger partial charge >= 0.3 is 0 Å². The zero-order valence-electron chi connectivity index (χ0n) is 14.8. The lowest BCUT2D eigenvalue weighted by Gasteiger charge is -2.11. The van der Waals surface area contributed by atoms with E-state index in [1.807, 2.05) is 6.07 Å². The Labute approximate surface area is 172 Å². The van der Waals surface area contributed by atoms with Crippen molar-refractivity contribution in [3.8, 4) is 0 Å². The van der Waals surface area contributed by atoms with Crippen LogP contribution in [0, 0.1) is 0 Å². The van der Waals surface area contributed by atoms with Gasteiger partial charge in [0.05, 0.1) is 33.7 Å². The molecule has 0 fully saturated rings. The number of carbonyl (C=O) groups is 2. The van der Waals surface area contributed by atoms with Gasteiger partial charge in [-0.05, 0) is 29.8 Å². The standard InChI is InChI=1S/C19H20Cl2N2O3S/c1-26-9-8-22-19(25)14-4-2-3-5-17(14)23-18(24)12-27-11-13-6-7-15(20)16(21)10-13/h2-7,10H,8-9,11-12H2,1H3,(H,22,25)(H,23,24). The summed E-state index contributed by atoms with van der Waals surface area (Å²) in [5, 5.41) is 6.53. The summed E-state index contributed by atoms with van der Waals surface area (Å²) < 4.78 is 4.91. The van der Waals surface area contributed by atoms with Crippen LogP contribution in [0.15, 0.2) is 42.5 Å². The predicted octanol–water partition coefficient (Wildman–Crippen LogP) is 4.24. The number of hydrogen-bond acceptors (Lipinski definition) is 4. The Morgan fingerprint density at radius 1 is 1.11 bits per heavy atom. The Kier molecular flexibility index (Phi) is 8.94. The minimum atomic E-state index is -0.258. The first-order valence-electron chi connectivity index (χ1n) is 8.19. The highest BCUT2D eigenvalue weighted by Crippen LogP contribution is 2.24. The van der Waals surface area contributed by atoms with Crippen molar-refractivity contribution >= 4 is 52.5 Å². The number of benzene rings is 2. The van der Waals surface area contributed by atoms with E-state index in [0.29, 0.717) is 40.2 Å². The van der Waals surface area contributed by atoms with Gasteiger partial charge in [0, 0.05) is 19.4 Å². The maximum absolute atomic E-state index is 12.2. The summed E-state index contributed by atoms with van der Waals surface area (Å²) in [7, 11) is 1.57. The molecule has 0 unspecified atom stereocenters. The minimum Gasteiger partial charge on any atom is -0.383 e. The lowest BCUT2D eigenvalue weighted by molar-refractivity contribution is -0.113. The van der Waals surface area contributed by atoms with Crippen LogP contribution in [0.4, 0.5) is 5.69 Å². The second-order valence-electron chi connectivity index (χ2n) is 5.58. The Bertz CT molecular complexity index is 802. The number of hydrogen-bond donors (Lipinski definition) is 2. The van der Waals surface area contributed by atoms with Crippen LogP contribution in [0.5, 0.6) is 0 Å². The molecule has 0 aliphatic rings. The molecule has 0 saturated heterocycles. The topological polar surface area (TPSA) is 67.4 Å². The maximum atomic E-state index is 12.2. The van der Waals surface area contributed by atoms with Gasteiger partial charge in [-0.3, -0.25) is 9.59 Å². The number of nitrogens with one attached hydrogen (secondary N) is 2. The molecule has 2 N–H and O–H groups in total. The number of carbonyl (C=O) groups excluding carboxylic acids is 2. The zero-order valence-corrected chi connectivity index (χ0v) is 17.1. The fourth-order valence-electron chi connectivity index (χ4n) is 2.23. The lowest BCUT2D eigenvalue weighted by Crippen LogP contribution is -2.28. The van der Waals surface area contributed by atoms with Crippen LogP contribution in [0.1, 0.15) is 15.9 Å². The number of anilines is 1. The zero-order chi connectivity index (χ0) is 19.6. The molecule has 27 heavy (non-hydrogen) atoms. The molecule has 5 nitrogen and oxygen atoms in total. The Morgan fingerprint density at radius 2 is 1.89 bits per heavy atom. The third-order valence-corrected chi connectivity index (χ3v) is 5.27. The van der Waals surface area contributed by atoms with Crippen LogP contribution in [0.3, 0.4) is 0 Å². The summed E-state index contributed by atoms with van der Waals surface area (Å²) in [5.41, 5.74) is 1.88. The molecule has 144 valence electrons. The molecule has 0 aliphatic heterocycles. The summed E-state index contributed by atoms with van der Waals surface area (Å²) in [4.78, 5) is 24.5. The van der Waals surface area contributed by atoms with E-state index in [2.05, 4.69) is 10.6 Å². The molecule has 0 spiro atoms. The molecule has 0 bridgehead atoms. The smallest absolute Gasteiger partial charge is 0.253 e. The van der Waals surface area contributed by atoms with Gasteiger partial charge in [0.2, 0.25) is 5.91 Å². The monoisotopic (exact) mass is 426 g/mol. The van der Waals surface area contributed by atoms with Crippen molar-refractivity contribution in [2.75, 3.05) is 31.3 Å². The van der Waals surface area contributed by atoms with E-state index in [-0.39, 0.29) is 17.6 Å². The number of rotatable bonds is 9. The van der Waals surface area contributed by atoms with Crippen molar-refractivity contribution in [2.24, 2.45) is 0 Å². The molecule has 2 amide bonds. The summed E-state index contributed by atoms with van der Waals surface area (Å²) >= 11 is 13.3. The number of ether oxygens (including phenoxy) is 1. The minimum absolute atomic E-state index is 0.183. The molecule has 0 aliphatic carbocycles. The normalized spacial score (nSPS) is 10.5. The van der Waals surface area contributed by atoms with Gasteiger partial charge in [0.15, 0.2) is 0 Å². The Hall–Kier alpha value is -1.73. The van der Waals surface area contributed by atoms with Crippen LogP contribution in [0.2, 0.25) is 10.0 Å². The van der Waals surface area contributed by atoms with E-state index in [1.165, 1.54) is 11.8 Å². The highest BCUT2D eigenvalue weighted by atomic mass is 35.5. The third-order valence-electron chi connectivity index (χ3n) is 3.52. The summed E-state index contributed by atoms with van der Waals surface area (Å²) in [6.45, 7) is 0.822. The van der Waals surface area contributed by atoms with Crippen LogP contribution in [-0.4, -0.2) is 37.8 Å². The first-order chi connectivity index (χ1) is 13.0. The van der Waals surface area contributed by atoms with Crippen molar-refractivity contribution in [2.45, 2.75) is 5.75 Å². The van der Waals surface area contributed by atoms with Gasteiger partial charge in [-0.2, -0.15) is 0 Å². The molecule has 2 aromatic carbocycles. The first-order valence-corrected chi connectivity index (χ1v) is 10.1. The van der Waals surface area contributed by atoms with Crippen molar-refractivity contribution < 1.29 is 14.3 Å². The average Bonchev–Trinajstić information content (AvgIpc) is 2.65. The molecular formula is C19H20Cl2N2O3S. The second-order valence-corrected chi connectivity index (χ2v) is 7.38. The molecule has 0 atom stereocenters. The van der Waals surface area contributed by atoms with Crippen molar-refractivity contribution in [3.05, 3.63) is 63.6 Å². The molecule has 0 saturated carbocycles. The number of thioether (sulfide) groups is 1. The van der Waals surface area contributed by atoms with Crippen LogP contribution in [0.25, 0.3) is 0 Å². The van der Waals surface area contributed by atoms with Crippen molar-refractivity contribution in [1.29, 1.82) is 0 Å². The van der Waals surface area contributed by atoms with Crippen LogP contribution < -0.4 is 10.6 Å². The van der Waals surface area contributed by atoms with E-state index in [9.17, 15) is 9.59 Å². The average molecular weight is 427 g/mol. The maximum Gasteiger partial charge on any atom is 0.253 e. The molecule has 8 heteroatoms. The van der Waals surface area contributed by atoms with Crippen molar-refractivity contribution in [1.82, 2.24) is 5.32 Å². The molecule has 2 aromatic rings. The number of methoxy groups -OCH3 is 1. The highest BCUT2D eigenvalue weighted by Gasteiger charge is 2.13. The number of para-hydroxylation sites is 1. The predicted molar refractivity (Wildman–Crippen MR) is 112 cm³/mol. The largest absolute Gasteiger partial charge is 0.383 e. The van der Waals surface area contributed by atoms with E-state index in [1.54, 1.807) is 43.5 Å². The van der Waals surface area contributed by atoms with Gasteiger partial charge in [0.25, 0.3) is 5.91 Å². The fourth-order valence-corrected chi connectivity index (χ4v) is 3.32. The Balaban J connectivity index is 1.88. The van der Waals surface area contributed by atoms with Crippen LogP contribution in [-0.2, 0) is 15.3 Å². The lowest BCUT2D eigenvalue weighted by atomic mass is 10.1. The quantitative estimate of drug-likeness (QED) is 0.588. The molecule has 0 radical (unpaired) electrons. The van der Waals surface area contributed by atoms with Crippen LogP contribution >= 0.6 is 35.0 Å². The fraction of sp³-hybridized carbons (Fsp3) is 0.263. The Morgan fingerprint density at radius 3 is 2.63 bits per heavy atom. The van der Waals surface area contributed by atoms with Gasteiger partial charge in [-0.1, -0.05) is 41.4 Å². The second kappa shape index (κ2) is 11.2. The van der Waals surface area contributed by atoms with Gasteiger partial charge in [-0.25, -0.2) is 0 Å². The molecular weight excluding hydrogens is 407 g/mol. The third kappa shape index (κ3) is 7.07.